The van der Waals surface area contributed by atoms with Gasteiger partial charge in [0.15, 0.2) is 0 Å². The van der Waals surface area contributed by atoms with Crippen LogP contribution in [0.1, 0.15) is 31.5 Å². The van der Waals surface area contributed by atoms with Gasteiger partial charge in [-0.05, 0) is 49.2 Å². The van der Waals surface area contributed by atoms with Gasteiger partial charge >= 0.3 is 0 Å². The zero-order chi connectivity index (χ0) is 19.5. The van der Waals surface area contributed by atoms with E-state index in [0.29, 0.717) is 17.9 Å². The van der Waals surface area contributed by atoms with E-state index in [1.54, 1.807) is 12.1 Å². The van der Waals surface area contributed by atoms with Crippen LogP contribution in [-0.4, -0.2) is 53.7 Å². The van der Waals surface area contributed by atoms with Gasteiger partial charge in [-0.2, -0.15) is 4.80 Å². The molecule has 9 heteroatoms. The maximum Gasteiger partial charge on any atom is 0.246 e. The number of hydrogen-bond acceptors (Lipinski definition) is 5. The molecule has 0 radical (unpaired) electrons. The lowest BCUT2D eigenvalue weighted by Gasteiger charge is -2.32. The number of aryl methyl sites for hydroxylation is 1. The third-order valence-corrected chi connectivity index (χ3v) is 5.06. The maximum atomic E-state index is 13.0. The quantitative estimate of drug-likeness (QED) is 0.674. The molecule has 8 nitrogen and oxygen atoms in total. The fraction of sp³-hybridized carbons (Fsp3) is 0.421. The van der Waals surface area contributed by atoms with Crippen LogP contribution in [0.15, 0.2) is 36.7 Å². The molecule has 1 fully saturated rings. The topological polar surface area (TPSA) is 81.7 Å². The Balaban J connectivity index is 1.41. The summed E-state index contributed by atoms with van der Waals surface area (Å²) in [5.74, 6) is 1.29. The maximum absolute atomic E-state index is 13.0. The molecule has 28 heavy (non-hydrogen) atoms. The Labute approximate surface area is 162 Å². The van der Waals surface area contributed by atoms with Crippen LogP contribution in [0, 0.1) is 5.82 Å². The first-order chi connectivity index (χ1) is 13.6. The summed E-state index contributed by atoms with van der Waals surface area (Å²) in [6.45, 7) is 4.36. The minimum atomic E-state index is -0.324. The number of amides is 1. The number of nitrogens with zero attached hydrogens (tertiary/aromatic N) is 7. The number of imidazole rings is 1. The normalized spacial score (nSPS) is 17.1. The Morgan fingerprint density at radius 3 is 2.89 bits per heavy atom. The first-order valence-corrected chi connectivity index (χ1v) is 9.46. The fourth-order valence-corrected chi connectivity index (χ4v) is 3.61. The van der Waals surface area contributed by atoms with Crippen LogP contribution < -0.4 is 0 Å². The van der Waals surface area contributed by atoms with Crippen LogP contribution in [0.5, 0.6) is 0 Å². The summed E-state index contributed by atoms with van der Waals surface area (Å²) in [6, 6.07) is 5.86. The molecule has 1 saturated heterocycles. The molecule has 1 atom stereocenters. The lowest BCUT2D eigenvalue weighted by atomic mass is 9.97. The van der Waals surface area contributed by atoms with Crippen molar-refractivity contribution in [2.75, 3.05) is 13.1 Å². The minimum absolute atomic E-state index is 0.0309. The van der Waals surface area contributed by atoms with Crippen molar-refractivity contribution in [2.45, 2.75) is 38.8 Å². The van der Waals surface area contributed by atoms with E-state index in [-0.39, 0.29) is 24.2 Å². The van der Waals surface area contributed by atoms with Crippen molar-refractivity contribution in [3.05, 3.63) is 48.3 Å². The molecule has 0 bridgehead atoms. The number of carbonyl (C=O) groups excluding carboxylic acids is 1. The van der Waals surface area contributed by atoms with Gasteiger partial charge in [-0.15, -0.1) is 10.2 Å². The lowest BCUT2D eigenvalue weighted by molar-refractivity contribution is -0.133. The SMILES string of the molecule is CCn1ccnc1[C@H]1CCCN(C(=O)Cn2nnc(-c3ccc(F)cc3)n2)C1. The van der Waals surface area contributed by atoms with Crippen molar-refractivity contribution < 1.29 is 9.18 Å². The second-order valence-electron chi connectivity index (χ2n) is 6.90. The predicted molar refractivity (Wildman–Crippen MR) is 99.7 cm³/mol. The Hall–Kier alpha value is -3.10. The molecule has 3 heterocycles. The Kier molecular flexibility index (Phi) is 5.14. The van der Waals surface area contributed by atoms with Gasteiger partial charge < -0.3 is 9.47 Å². The van der Waals surface area contributed by atoms with E-state index in [2.05, 4.69) is 31.9 Å². The molecule has 1 aliphatic rings. The third kappa shape index (κ3) is 3.78. The molecule has 1 aromatic carbocycles. The number of aromatic nitrogens is 6. The summed E-state index contributed by atoms with van der Waals surface area (Å²) < 4.78 is 15.2. The molecule has 4 rings (SSSR count). The second kappa shape index (κ2) is 7.87. The average molecular weight is 383 g/mol. The molecule has 2 aromatic heterocycles. The largest absolute Gasteiger partial charge is 0.340 e. The van der Waals surface area contributed by atoms with Crippen LogP contribution in [-0.2, 0) is 17.9 Å². The number of benzene rings is 1. The highest BCUT2D eigenvalue weighted by Crippen LogP contribution is 2.26. The number of hydrogen-bond donors (Lipinski definition) is 0. The van der Waals surface area contributed by atoms with Gasteiger partial charge in [0.05, 0.1) is 0 Å². The van der Waals surface area contributed by atoms with Gasteiger partial charge in [0, 0.05) is 43.5 Å². The van der Waals surface area contributed by atoms with Crippen LogP contribution in [0.2, 0.25) is 0 Å². The number of piperidine rings is 1. The Morgan fingerprint density at radius 1 is 1.29 bits per heavy atom. The standard InChI is InChI=1S/C19H22FN7O/c1-2-25-11-9-21-19(25)15-4-3-10-26(12-15)17(28)13-27-23-18(22-24-27)14-5-7-16(20)8-6-14/h5-9,11,15H,2-4,10,12-13H2,1H3/t15-/m0/s1. The highest BCUT2D eigenvalue weighted by molar-refractivity contribution is 5.76. The van der Waals surface area contributed by atoms with Crippen LogP contribution >= 0.6 is 0 Å². The summed E-state index contributed by atoms with van der Waals surface area (Å²) in [6.07, 6.45) is 5.76. The van der Waals surface area contributed by atoms with E-state index in [9.17, 15) is 9.18 Å². The van der Waals surface area contributed by atoms with Crippen molar-refractivity contribution in [3.8, 4) is 11.4 Å². The lowest BCUT2D eigenvalue weighted by Crippen LogP contribution is -2.41. The average Bonchev–Trinajstić information content (AvgIpc) is 3.38. The van der Waals surface area contributed by atoms with Gasteiger partial charge in [-0.3, -0.25) is 4.79 Å². The molecule has 0 N–H and O–H groups in total. The summed E-state index contributed by atoms with van der Waals surface area (Å²) >= 11 is 0. The summed E-state index contributed by atoms with van der Waals surface area (Å²) in [7, 11) is 0. The number of rotatable bonds is 5. The number of halogens is 1. The Morgan fingerprint density at radius 2 is 2.11 bits per heavy atom. The van der Waals surface area contributed by atoms with Gasteiger partial charge in [0.1, 0.15) is 18.2 Å². The fourth-order valence-electron chi connectivity index (χ4n) is 3.61. The van der Waals surface area contributed by atoms with Crippen molar-refractivity contribution in [1.82, 2.24) is 34.7 Å². The van der Waals surface area contributed by atoms with E-state index in [4.69, 9.17) is 0 Å². The van der Waals surface area contributed by atoms with Crippen molar-refractivity contribution >= 4 is 5.91 Å². The smallest absolute Gasteiger partial charge is 0.246 e. The first-order valence-electron chi connectivity index (χ1n) is 9.46. The van der Waals surface area contributed by atoms with E-state index in [1.165, 1.54) is 16.9 Å². The second-order valence-corrected chi connectivity index (χ2v) is 6.90. The van der Waals surface area contributed by atoms with E-state index in [1.807, 2.05) is 17.3 Å². The molecular weight excluding hydrogens is 361 g/mol. The van der Waals surface area contributed by atoms with Gasteiger partial charge in [-0.1, -0.05) is 0 Å². The van der Waals surface area contributed by atoms with Crippen molar-refractivity contribution in [1.29, 1.82) is 0 Å². The van der Waals surface area contributed by atoms with E-state index < -0.39 is 0 Å². The molecule has 0 saturated carbocycles. The molecule has 0 spiro atoms. The number of tetrazole rings is 1. The van der Waals surface area contributed by atoms with Crippen LogP contribution in [0.3, 0.4) is 0 Å². The van der Waals surface area contributed by atoms with Crippen LogP contribution in [0.4, 0.5) is 4.39 Å². The Bertz CT molecular complexity index is 949. The monoisotopic (exact) mass is 383 g/mol. The third-order valence-electron chi connectivity index (χ3n) is 5.06. The highest BCUT2D eigenvalue weighted by Gasteiger charge is 2.27. The molecular formula is C19H22FN7O. The van der Waals surface area contributed by atoms with Crippen LogP contribution in [0.25, 0.3) is 11.4 Å². The molecule has 0 aliphatic carbocycles. The summed E-state index contributed by atoms with van der Waals surface area (Å²) in [5, 5.41) is 12.2. The number of likely N-dealkylation sites (tertiary alicyclic amines) is 1. The zero-order valence-corrected chi connectivity index (χ0v) is 15.7. The highest BCUT2D eigenvalue weighted by atomic mass is 19.1. The molecule has 0 unspecified atom stereocenters. The van der Waals surface area contributed by atoms with Gasteiger partial charge in [-0.25, -0.2) is 9.37 Å². The first kappa shape index (κ1) is 18.3. The van der Waals surface area contributed by atoms with Crippen molar-refractivity contribution in [2.24, 2.45) is 0 Å². The van der Waals surface area contributed by atoms with Gasteiger partial charge in [0.25, 0.3) is 0 Å². The minimum Gasteiger partial charge on any atom is -0.340 e. The predicted octanol–water partition coefficient (Wildman–Crippen LogP) is 2.10. The van der Waals surface area contributed by atoms with Crippen molar-refractivity contribution in [3.63, 3.8) is 0 Å². The van der Waals surface area contributed by atoms with E-state index >= 15 is 0 Å². The molecule has 3 aromatic rings. The van der Waals surface area contributed by atoms with E-state index in [0.717, 1.165) is 31.8 Å². The molecule has 1 amide bonds. The number of carbonyl (C=O) groups is 1. The summed E-state index contributed by atoms with van der Waals surface area (Å²) in [5.41, 5.74) is 0.657. The zero-order valence-electron chi connectivity index (χ0n) is 15.7. The summed E-state index contributed by atoms with van der Waals surface area (Å²) in [4.78, 5) is 20.4. The molecule has 1 aliphatic heterocycles. The van der Waals surface area contributed by atoms with Gasteiger partial charge in [0.2, 0.25) is 11.7 Å². The molecule has 146 valence electrons.